The number of nitrogens with zero attached hydrogens (tertiary/aromatic N) is 2. The molecular formula is C19H21N3O3. The van der Waals surface area contributed by atoms with Gasteiger partial charge in [-0.15, -0.1) is 0 Å². The van der Waals surface area contributed by atoms with Gasteiger partial charge in [0, 0.05) is 23.2 Å². The van der Waals surface area contributed by atoms with Crippen LogP contribution >= 0.6 is 0 Å². The number of hydrogen-bond donors (Lipinski definition) is 1. The van der Waals surface area contributed by atoms with Crippen LogP contribution in [0.25, 0.3) is 21.8 Å². The molecule has 0 spiro atoms. The Morgan fingerprint density at radius 1 is 1.12 bits per heavy atom. The number of carbonyl (C=O) groups is 1. The molecule has 0 atom stereocenters. The number of pyridine rings is 2. The highest BCUT2D eigenvalue weighted by molar-refractivity contribution is 6.05. The first kappa shape index (κ1) is 17.0. The van der Waals surface area contributed by atoms with E-state index in [0.717, 1.165) is 27.6 Å². The van der Waals surface area contributed by atoms with Crippen molar-refractivity contribution in [2.45, 2.75) is 26.4 Å². The summed E-state index contributed by atoms with van der Waals surface area (Å²) in [6.45, 7) is 6.15. The van der Waals surface area contributed by atoms with Crippen molar-refractivity contribution in [3.05, 3.63) is 42.7 Å². The Hall–Kier alpha value is -2.89. The topological polar surface area (TPSA) is 73.3 Å². The third kappa shape index (κ3) is 4.15. The Balaban J connectivity index is 1.72. The molecule has 0 saturated carbocycles. The number of amides is 1. The van der Waals surface area contributed by atoms with E-state index < -0.39 is 11.7 Å². The Bertz CT molecular complexity index is 903. The van der Waals surface area contributed by atoms with Crippen molar-refractivity contribution in [3.63, 3.8) is 0 Å². The molecule has 1 amide bonds. The molecule has 1 N–H and O–H groups in total. The molecule has 0 fully saturated rings. The van der Waals surface area contributed by atoms with Crippen molar-refractivity contribution < 1.29 is 14.3 Å². The summed E-state index contributed by atoms with van der Waals surface area (Å²) >= 11 is 0. The Morgan fingerprint density at radius 3 is 2.60 bits per heavy atom. The lowest BCUT2D eigenvalue weighted by Gasteiger charge is -2.19. The monoisotopic (exact) mass is 339 g/mol. The lowest BCUT2D eigenvalue weighted by atomic mass is 10.1. The van der Waals surface area contributed by atoms with Crippen LogP contribution in [0.2, 0.25) is 0 Å². The number of carbonyl (C=O) groups excluding carboxylic acids is 1. The average molecular weight is 339 g/mol. The molecule has 3 rings (SSSR count). The molecule has 0 radical (unpaired) electrons. The van der Waals surface area contributed by atoms with Crippen LogP contribution in [0.5, 0.6) is 5.75 Å². The quantitative estimate of drug-likeness (QED) is 0.580. The average Bonchev–Trinajstić information content (AvgIpc) is 2.57. The summed E-state index contributed by atoms with van der Waals surface area (Å²) in [5.41, 5.74) is 1.13. The van der Waals surface area contributed by atoms with Crippen molar-refractivity contribution >= 4 is 27.9 Å². The first-order valence-electron chi connectivity index (χ1n) is 8.16. The highest BCUT2D eigenvalue weighted by Gasteiger charge is 2.15. The number of rotatable bonds is 4. The Morgan fingerprint density at radius 2 is 1.84 bits per heavy atom. The molecule has 1 aromatic carbocycles. The first-order chi connectivity index (χ1) is 11.9. The van der Waals surface area contributed by atoms with Gasteiger partial charge in [-0.05, 0) is 45.0 Å². The summed E-state index contributed by atoms with van der Waals surface area (Å²) in [7, 11) is 0. The van der Waals surface area contributed by atoms with E-state index in [2.05, 4.69) is 15.3 Å². The fraction of sp³-hybridized carbons (Fsp3) is 0.316. The largest absolute Gasteiger partial charge is 0.491 e. The van der Waals surface area contributed by atoms with Crippen molar-refractivity contribution in [2.24, 2.45) is 0 Å². The number of benzene rings is 1. The molecule has 6 heteroatoms. The van der Waals surface area contributed by atoms with Crippen LogP contribution < -0.4 is 10.1 Å². The Labute approximate surface area is 146 Å². The number of alkyl carbamates (subject to hydrolysis) is 1. The predicted octanol–water partition coefficient (Wildman–Crippen LogP) is 3.69. The smallest absolute Gasteiger partial charge is 0.407 e. The number of aromatic nitrogens is 2. The second-order valence-electron chi connectivity index (χ2n) is 6.63. The van der Waals surface area contributed by atoms with E-state index in [4.69, 9.17) is 9.47 Å². The number of hydrogen-bond acceptors (Lipinski definition) is 5. The van der Waals surface area contributed by atoms with Gasteiger partial charge in [0.25, 0.3) is 0 Å². The van der Waals surface area contributed by atoms with E-state index in [1.807, 2.05) is 51.1 Å². The third-order valence-electron chi connectivity index (χ3n) is 3.45. The van der Waals surface area contributed by atoms with E-state index >= 15 is 0 Å². The van der Waals surface area contributed by atoms with Crippen LogP contribution in [0.3, 0.4) is 0 Å². The van der Waals surface area contributed by atoms with Crippen LogP contribution in [0.1, 0.15) is 20.8 Å². The number of fused-ring (bicyclic) bond motifs is 3. The van der Waals surface area contributed by atoms with Crippen molar-refractivity contribution in [3.8, 4) is 5.75 Å². The zero-order chi connectivity index (χ0) is 17.9. The standard InChI is InChI=1S/C19H21N3O3/c1-19(2,3)25-18(23)22-10-11-24-15-12-13-6-4-8-20-16(13)17-14(15)7-5-9-21-17/h4-9,12H,10-11H2,1-3H3,(H,22,23). The van der Waals surface area contributed by atoms with Crippen molar-refractivity contribution in [1.29, 1.82) is 0 Å². The molecule has 2 heterocycles. The minimum atomic E-state index is -0.516. The van der Waals surface area contributed by atoms with Crippen molar-refractivity contribution in [2.75, 3.05) is 13.2 Å². The van der Waals surface area contributed by atoms with Gasteiger partial charge in [-0.3, -0.25) is 9.97 Å². The van der Waals surface area contributed by atoms with Gasteiger partial charge in [0.05, 0.1) is 12.1 Å². The maximum Gasteiger partial charge on any atom is 0.407 e. The van der Waals surface area contributed by atoms with Gasteiger partial charge < -0.3 is 14.8 Å². The predicted molar refractivity (Wildman–Crippen MR) is 96.8 cm³/mol. The fourth-order valence-electron chi connectivity index (χ4n) is 2.49. The molecule has 0 bridgehead atoms. The number of nitrogens with one attached hydrogen (secondary N) is 1. The summed E-state index contributed by atoms with van der Waals surface area (Å²) in [6, 6.07) is 9.61. The minimum Gasteiger partial charge on any atom is -0.491 e. The van der Waals surface area contributed by atoms with Crippen molar-refractivity contribution in [1.82, 2.24) is 15.3 Å². The fourth-order valence-corrected chi connectivity index (χ4v) is 2.49. The molecule has 130 valence electrons. The molecule has 0 aliphatic rings. The van der Waals surface area contributed by atoms with Gasteiger partial charge in [0.1, 0.15) is 23.5 Å². The second kappa shape index (κ2) is 6.93. The van der Waals surface area contributed by atoms with E-state index in [-0.39, 0.29) is 0 Å². The van der Waals surface area contributed by atoms with Gasteiger partial charge in [-0.2, -0.15) is 0 Å². The first-order valence-corrected chi connectivity index (χ1v) is 8.16. The van der Waals surface area contributed by atoms with Crippen LogP contribution in [0.15, 0.2) is 42.7 Å². The third-order valence-corrected chi connectivity index (χ3v) is 3.45. The molecular weight excluding hydrogens is 318 g/mol. The summed E-state index contributed by atoms with van der Waals surface area (Å²) in [6.07, 6.45) is 3.04. The summed E-state index contributed by atoms with van der Waals surface area (Å²) in [4.78, 5) is 20.5. The van der Waals surface area contributed by atoms with E-state index in [1.54, 1.807) is 12.4 Å². The minimum absolute atomic E-state index is 0.328. The van der Waals surface area contributed by atoms with Crippen LogP contribution in [-0.2, 0) is 4.74 Å². The lowest BCUT2D eigenvalue weighted by molar-refractivity contribution is 0.0520. The second-order valence-corrected chi connectivity index (χ2v) is 6.63. The van der Waals surface area contributed by atoms with E-state index in [9.17, 15) is 4.79 Å². The maximum absolute atomic E-state index is 11.7. The summed E-state index contributed by atoms with van der Waals surface area (Å²) in [5.74, 6) is 0.717. The number of ether oxygens (including phenoxy) is 2. The molecule has 0 aliphatic carbocycles. The zero-order valence-electron chi connectivity index (χ0n) is 14.6. The zero-order valence-corrected chi connectivity index (χ0v) is 14.6. The normalized spacial score (nSPS) is 11.5. The van der Waals surface area contributed by atoms with Crippen LogP contribution in [0.4, 0.5) is 4.79 Å². The molecule has 3 aromatic rings. The van der Waals surface area contributed by atoms with Gasteiger partial charge in [-0.25, -0.2) is 4.79 Å². The molecule has 0 unspecified atom stereocenters. The molecule has 0 aliphatic heterocycles. The highest BCUT2D eigenvalue weighted by atomic mass is 16.6. The van der Waals surface area contributed by atoms with E-state index in [1.165, 1.54) is 0 Å². The van der Waals surface area contributed by atoms with E-state index in [0.29, 0.717) is 13.2 Å². The summed E-state index contributed by atoms with van der Waals surface area (Å²) < 4.78 is 11.1. The SMILES string of the molecule is CC(C)(C)OC(=O)NCCOc1cc2cccnc2c2ncccc12. The maximum atomic E-state index is 11.7. The van der Waals surface area contributed by atoms with Gasteiger partial charge in [0.15, 0.2) is 0 Å². The van der Waals surface area contributed by atoms with Gasteiger partial charge in [0.2, 0.25) is 0 Å². The highest BCUT2D eigenvalue weighted by Crippen LogP contribution is 2.30. The molecule has 25 heavy (non-hydrogen) atoms. The van der Waals surface area contributed by atoms with Crippen LogP contribution in [-0.4, -0.2) is 34.8 Å². The Kier molecular flexibility index (Phi) is 4.70. The molecule has 2 aromatic heterocycles. The molecule has 0 saturated heterocycles. The van der Waals surface area contributed by atoms with Gasteiger partial charge in [-0.1, -0.05) is 6.07 Å². The summed E-state index contributed by atoms with van der Waals surface area (Å²) in [5, 5.41) is 4.54. The lowest BCUT2D eigenvalue weighted by Crippen LogP contribution is -2.34. The van der Waals surface area contributed by atoms with Gasteiger partial charge >= 0.3 is 6.09 Å². The molecule has 6 nitrogen and oxygen atoms in total. The van der Waals surface area contributed by atoms with Crippen LogP contribution in [0, 0.1) is 0 Å².